The number of carbonyl (C=O) groups is 2. The molecule has 0 radical (unpaired) electrons. The maximum absolute atomic E-state index is 12.4. The number of benzene rings is 2. The first-order valence-corrected chi connectivity index (χ1v) is 7.99. The van der Waals surface area contributed by atoms with Gasteiger partial charge >= 0.3 is 0 Å². The molecule has 0 spiro atoms. The van der Waals surface area contributed by atoms with E-state index < -0.39 is 0 Å². The minimum atomic E-state index is -0.189. The zero-order chi connectivity index (χ0) is 16.9. The van der Waals surface area contributed by atoms with Crippen LogP contribution in [0.3, 0.4) is 0 Å². The fourth-order valence-corrected chi connectivity index (χ4v) is 2.50. The van der Waals surface area contributed by atoms with Crippen molar-refractivity contribution in [2.45, 2.75) is 25.3 Å². The number of anilines is 1. The highest BCUT2D eigenvalue weighted by molar-refractivity contribution is 6.04. The van der Waals surface area contributed by atoms with E-state index in [1.807, 2.05) is 24.3 Å². The zero-order valence-electron chi connectivity index (χ0n) is 13.5. The molecule has 1 aliphatic rings. The highest BCUT2D eigenvalue weighted by Gasteiger charge is 2.25. The highest BCUT2D eigenvalue weighted by Crippen LogP contribution is 2.22. The molecule has 0 atom stereocenters. The van der Waals surface area contributed by atoms with E-state index in [1.165, 1.54) is 0 Å². The fraction of sp³-hybridized carbons (Fsp3) is 0.263. The predicted octanol–water partition coefficient (Wildman–Crippen LogP) is 2.77. The van der Waals surface area contributed by atoms with Crippen molar-refractivity contribution >= 4 is 17.5 Å². The lowest BCUT2D eigenvalue weighted by atomic mass is 10.1. The van der Waals surface area contributed by atoms with Crippen LogP contribution in [-0.4, -0.2) is 25.0 Å². The molecule has 3 rings (SSSR count). The summed E-state index contributed by atoms with van der Waals surface area (Å²) in [6.45, 7) is 0. The number of ether oxygens (including phenoxy) is 1. The van der Waals surface area contributed by atoms with Gasteiger partial charge in [0.15, 0.2) is 0 Å². The zero-order valence-corrected chi connectivity index (χ0v) is 13.5. The summed E-state index contributed by atoms with van der Waals surface area (Å²) in [5, 5.41) is 5.77. The van der Waals surface area contributed by atoms with Crippen LogP contribution >= 0.6 is 0 Å². The van der Waals surface area contributed by atoms with Crippen LogP contribution in [0.4, 0.5) is 5.69 Å². The summed E-state index contributed by atoms with van der Waals surface area (Å²) in [4.78, 5) is 24.6. The second-order valence-corrected chi connectivity index (χ2v) is 5.83. The van der Waals surface area contributed by atoms with Gasteiger partial charge in [-0.1, -0.05) is 30.3 Å². The molecule has 0 aliphatic heterocycles. The Labute approximate surface area is 141 Å². The largest absolute Gasteiger partial charge is 0.496 e. The maximum Gasteiger partial charge on any atom is 0.253 e. The lowest BCUT2D eigenvalue weighted by Crippen LogP contribution is -2.27. The number of para-hydroxylation sites is 2. The van der Waals surface area contributed by atoms with E-state index >= 15 is 0 Å². The van der Waals surface area contributed by atoms with E-state index in [4.69, 9.17) is 4.74 Å². The average Bonchev–Trinajstić information content (AvgIpc) is 3.39. The molecule has 5 heteroatoms. The van der Waals surface area contributed by atoms with Gasteiger partial charge in [0.05, 0.1) is 24.8 Å². The Morgan fingerprint density at radius 1 is 1.08 bits per heavy atom. The molecule has 1 saturated carbocycles. The molecule has 0 aromatic heterocycles. The number of nitrogens with one attached hydrogen (secondary N) is 2. The van der Waals surface area contributed by atoms with Gasteiger partial charge in [-0.2, -0.15) is 0 Å². The average molecular weight is 324 g/mol. The van der Waals surface area contributed by atoms with Crippen molar-refractivity contribution in [2.24, 2.45) is 0 Å². The lowest BCUT2D eigenvalue weighted by molar-refractivity contribution is -0.115. The van der Waals surface area contributed by atoms with Crippen LogP contribution in [0.5, 0.6) is 5.75 Å². The van der Waals surface area contributed by atoms with E-state index in [-0.39, 0.29) is 24.3 Å². The van der Waals surface area contributed by atoms with Gasteiger partial charge in [0.2, 0.25) is 5.91 Å². The molecule has 1 aliphatic carbocycles. The topological polar surface area (TPSA) is 67.4 Å². The quantitative estimate of drug-likeness (QED) is 0.858. The van der Waals surface area contributed by atoms with Gasteiger partial charge < -0.3 is 15.4 Å². The molecular weight excluding hydrogens is 304 g/mol. The summed E-state index contributed by atoms with van der Waals surface area (Å²) >= 11 is 0. The number of hydrogen-bond acceptors (Lipinski definition) is 3. The van der Waals surface area contributed by atoms with Crippen molar-refractivity contribution in [2.75, 3.05) is 12.4 Å². The van der Waals surface area contributed by atoms with E-state index in [1.54, 1.807) is 31.4 Å². The summed E-state index contributed by atoms with van der Waals surface area (Å²) in [5.41, 5.74) is 1.81. The van der Waals surface area contributed by atoms with Gasteiger partial charge in [-0.05, 0) is 31.0 Å². The first-order valence-electron chi connectivity index (χ1n) is 7.99. The number of carbonyl (C=O) groups excluding carboxylic acids is 2. The lowest BCUT2D eigenvalue weighted by Gasteiger charge is -2.12. The summed E-state index contributed by atoms with van der Waals surface area (Å²) in [6, 6.07) is 14.7. The fourth-order valence-electron chi connectivity index (χ4n) is 2.50. The second kappa shape index (κ2) is 7.17. The third-order valence-electron chi connectivity index (χ3n) is 3.90. The monoisotopic (exact) mass is 324 g/mol. The first-order chi connectivity index (χ1) is 11.7. The normalized spacial score (nSPS) is 13.2. The Bertz CT molecular complexity index is 754. The van der Waals surface area contributed by atoms with Crippen LogP contribution in [0, 0.1) is 0 Å². The SMILES string of the molecule is COc1ccccc1CC(=O)Nc1ccccc1C(=O)NC1CC1. The van der Waals surface area contributed by atoms with Crippen molar-refractivity contribution in [3.05, 3.63) is 59.7 Å². The molecule has 1 fully saturated rings. The van der Waals surface area contributed by atoms with Gasteiger partial charge in [-0.25, -0.2) is 0 Å². The molecule has 0 saturated heterocycles. The van der Waals surface area contributed by atoms with Gasteiger partial charge in [0.1, 0.15) is 5.75 Å². The molecule has 2 amide bonds. The smallest absolute Gasteiger partial charge is 0.253 e. The molecule has 0 heterocycles. The number of rotatable bonds is 6. The molecule has 2 N–H and O–H groups in total. The molecule has 2 aromatic carbocycles. The van der Waals surface area contributed by atoms with Crippen molar-refractivity contribution in [3.8, 4) is 5.75 Å². The van der Waals surface area contributed by atoms with E-state index in [2.05, 4.69) is 10.6 Å². The minimum Gasteiger partial charge on any atom is -0.496 e. The molecule has 2 aromatic rings. The van der Waals surface area contributed by atoms with E-state index in [9.17, 15) is 9.59 Å². The molecule has 124 valence electrons. The number of methoxy groups -OCH3 is 1. The van der Waals surface area contributed by atoms with E-state index in [0.29, 0.717) is 17.0 Å². The molecule has 0 bridgehead atoms. The van der Waals surface area contributed by atoms with Crippen LogP contribution < -0.4 is 15.4 Å². The Kier molecular flexibility index (Phi) is 4.79. The van der Waals surface area contributed by atoms with Crippen molar-refractivity contribution in [3.63, 3.8) is 0 Å². The van der Waals surface area contributed by atoms with Crippen LogP contribution in [0.2, 0.25) is 0 Å². The van der Waals surface area contributed by atoms with Crippen LogP contribution in [-0.2, 0) is 11.2 Å². The first kappa shape index (κ1) is 16.1. The Morgan fingerprint density at radius 2 is 1.79 bits per heavy atom. The molecule has 24 heavy (non-hydrogen) atoms. The van der Waals surface area contributed by atoms with Crippen molar-refractivity contribution in [1.29, 1.82) is 0 Å². The third-order valence-corrected chi connectivity index (χ3v) is 3.90. The summed E-state index contributed by atoms with van der Waals surface area (Å²) in [5.74, 6) is 0.337. The van der Waals surface area contributed by atoms with Gasteiger partial charge in [0, 0.05) is 11.6 Å². The second-order valence-electron chi connectivity index (χ2n) is 5.83. The minimum absolute atomic E-state index is 0.148. The number of amides is 2. The van der Waals surface area contributed by atoms with Crippen LogP contribution in [0.1, 0.15) is 28.8 Å². The van der Waals surface area contributed by atoms with Gasteiger partial charge in [-0.15, -0.1) is 0 Å². The van der Waals surface area contributed by atoms with Gasteiger partial charge in [0.25, 0.3) is 5.91 Å². The Balaban J connectivity index is 1.71. The van der Waals surface area contributed by atoms with Crippen LogP contribution in [0.15, 0.2) is 48.5 Å². The summed E-state index contributed by atoms with van der Waals surface area (Å²) in [7, 11) is 1.58. The third kappa shape index (κ3) is 3.93. The van der Waals surface area contributed by atoms with Crippen LogP contribution in [0.25, 0.3) is 0 Å². The van der Waals surface area contributed by atoms with Gasteiger partial charge in [-0.3, -0.25) is 9.59 Å². The standard InChI is InChI=1S/C19H20N2O3/c1-24-17-9-5-2-6-13(17)12-18(22)21-16-8-4-3-7-15(16)19(23)20-14-10-11-14/h2-9,14H,10-12H2,1H3,(H,20,23)(H,21,22). The van der Waals surface area contributed by atoms with E-state index in [0.717, 1.165) is 18.4 Å². The Hall–Kier alpha value is -2.82. The van der Waals surface area contributed by atoms with Crippen molar-refractivity contribution < 1.29 is 14.3 Å². The molecular formula is C19H20N2O3. The summed E-state index contributed by atoms with van der Waals surface area (Å²) < 4.78 is 5.26. The highest BCUT2D eigenvalue weighted by atomic mass is 16.5. The summed E-state index contributed by atoms with van der Waals surface area (Å²) in [6.07, 6.45) is 2.23. The Morgan fingerprint density at radius 3 is 2.54 bits per heavy atom. The maximum atomic E-state index is 12.4. The molecule has 0 unspecified atom stereocenters. The number of hydrogen-bond donors (Lipinski definition) is 2. The molecule has 5 nitrogen and oxygen atoms in total. The predicted molar refractivity (Wildman–Crippen MR) is 92.3 cm³/mol. The van der Waals surface area contributed by atoms with Crippen molar-refractivity contribution in [1.82, 2.24) is 5.32 Å².